The van der Waals surface area contributed by atoms with Crippen LogP contribution in [0.4, 0.5) is 5.82 Å². The van der Waals surface area contributed by atoms with E-state index in [0.29, 0.717) is 0 Å². The lowest BCUT2D eigenvalue weighted by Crippen LogP contribution is -2.46. The standard InChI is InChI=1S/C20H24N4O/c1-15-5-11-25-20(13-15)6-9-24(10-7-20)18-12-16(2)22-19(23-18)17-4-3-8-21-14-17/h3-4,8,12-14H,5-7,9-11H2,1-2H3. The van der Waals surface area contributed by atoms with Gasteiger partial charge in [-0.2, -0.15) is 0 Å². The highest BCUT2D eigenvalue weighted by molar-refractivity contribution is 5.57. The number of aryl methyl sites for hydroxylation is 1. The Morgan fingerprint density at radius 1 is 1.16 bits per heavy atom. The van der Waals surface area contributed by atoms with E-state index in [4.69, 9.17) is 9.72 Å². The van der Waals surface area contributed by atoms with Crippen LogP contribution < -0.4 is 4.90 Å². The van der Waals surface area contributed by atoms with Crippen molar-refractivity contribution in [2.75, 3.05) is 24.6 Å². The maximum absolute atomic E-state index is 6.13. The third kappa shape index (κ3) is 3.42. The van der Waals surface area contributed by atoms with Gasteiger partial charge in [-0.25, -0.2) is 9.97 Å². The molecule has 0 amide bonds. The van der Waals surface area contributed by atoms with Crippen LogP contribution >= 0.6 is 0 Å². The van der Waals surface area contributed by atoms with Crippen molar-refractivity contribution in [2.24, 2.45) is 0 Å². The second-order valence-corrected chi connectivity index (χ2v) is 7.07. The quantitative estimate of drug-likeness (QED) is 0.785. The van der Waals surface area contributed by atoms with E-state index in [1.807, 2.05) is 25.3 Å². The summed E-state index contributed by atoms with van der Waals surface area (Å²) in [5.74, 6) is 1.74. The summed E-state index contributed by atoms with van der Waals surface area (Å²) in [6.45, 7) is 6.98. The Bertz CT molecular complexity index is 780. The molecule has 0 radical (unpaired) electrons. The third-order valence-corrected chi connectivity index (χ3v) is 5.09. The molecule has 4 rings (SSSR count). The molecule has 1 saturated heterocycles. The van der Waals surface area contributed by atoms with Gasteiger partial charge in [-0.1, -0.05) is 11.6 Å². The van der Waals surface area contributed by atoms with Crippen LogP contribution in [0.1, 0.15) is 31.9 Å². The van der Waals surface area contributed by atoms with E-state index in [1.54, 1.807) is 6.20 Å². The summed E-state index contributed by atoms with van der Waals surface area (Å²) in [6, 6.07) is 5.99. The molecule has 1 fully saturated rings. The smallest absolute Gasteiger partial charge is 0.163 e. The van der Waals surface area contributed by atoms with Crippen LogP contribution in [-0.2, 0) is 4.74 Å². The van der Waals surface area contributed by atoms with Crippen molar-refractivity contribution in [1.29, 1.82) is 0 Å². The van der Waals surface area contributed by atoms with Gasteiger partial charge in [-0.3, -0.25) is 4.98 Å². The van der Waals surface area contributed by atoms with E-state index in [-0.39, 0.29) is 5.60 Å². The van der Waals surface area contributed by atoms with Gasteiger partial charge in [0.15, 0.2) is 5.82 Å². The van der Waals surface area contributed by atoms with Crippen molar-refractivity contribution < 1.29 is 4.74 Å². The first kappa shape index (κ1) is 16.2. The topological polar surface area (TPSA) is 51.1 Å². The number of nitrogens with zero attached hydrogens (tertiary/aromatic N) is 4. The zero-order valence-electron chi connectivity index (χ0n) is 14.9. The van der Waals surface area contributed by atoms with E-state index >= 15 is 0 Å². The van der Waals surface area contributed by atoms with Gasteiger partial charge >= 0.3 is 0 Å². The number of hydrogen-bond donors (Lipinski definition) is 0. The van der Waals surface area contributed by atoms with E-state index in [0.717, 1.165) is 61.9 Å². The number of rotatable bonds is 2. The van der Waals surface area contributed by atoms with Gasteiger partial charge in [-0.15, -0.1) is 0 Å². The number of pyridine rings is 1. The van der Waals surface area contributed by atoms with E-state index in [9.17, 15) is 0 Å². The van der Waals surface area contributed by atoms with Crippen molar-refractivity contribution >= 4 is 5.82 Å². The summed E-state index contributed by atoms with van der Waals surface area (Å²) < 4.78 is 6.13. The molecule has 2 aliphatic rings. The van der Waals surface area contributed by atoms with Gasteiger partial charge in [0.1, 0.15) is 5.82 Å². The Labute approximate surface area is 148 Å². The van der Waals surface area contributed by atoms with Crippen LogP contribution in [0.25, 0.3) is 11.4 Å². The predicted molar refractivity (Wildman–Crippen MR) is 98.5 cm³/mol. The van der Waals surface area contributed by atoms with E-state index in [1.165, 1.54) is 5.57 Å². The lowest BCUT2D eigenvalue weighted by Gasteiger charge is -2.42. The summed E-state index contributed by atoms with van der Waals surface area (Å²) in [4.78, 5) is 15.9. The van der Waals surface area contributed by atoms with Gasteiger partial charge in [-0.05, 0) is 45.2 Å². The third-order valence-electron chi connectivity index (χ3n) is 5.09. The van der Waals surface area contributed by atoms with Gasteiger partial charge in [0.05, 0.1) is 12.2 Å². The fourth-order valence-corrected chi connectivity index (χ4v) is 3.72. The molecule has 0 unspecified atom stereocenters. The fourth-order valence-electron chi connectivity index (χ4n) is 3.72. The SMILES string of the molecule is CC1=CC2(CCN(c3cc(C)nc(-c4cccnc4)n3)CC2)OCC1. The zero-order chi connectivity index (χ0) is 17.3. The Hall–Kier alpha value is -2.27. The largest absolute Gasteiger partial charge is 0.370 e. The molecule has 130 valence electrons. The molecule has 5 nitrogen and oxygen atoms in total. The first-order chi connectivity index (χ1) is 12.1. The number of hydrogen-bond acceptors (Lipinski definition) is 5. The summed E-state index contributed by atoms with van der Waals surface area (Å²) in [5, 5.41) is 0. The van der Waals surface area contributed by atoms with Gasteiger partial charge in [0, 0.05) is 42.8 Å². The predicted octanol–water partition coefficient (Wildman–Crippen LogP) is 3.55. The average Bonchev–Trinajstić information content (AvgIpc) is 2.62. The minimum atomic E-state index is -0.0624. The molecule has 0 aromatic carbocycles. The van der Waals surface area contributed by atoms with E-state index in [2.05, 4.69) is 33.9 Å². The highest BCUT2D eigenvalue weighted by Gasteiger charge is 2.35. The number of piperidine rings is 1. The van der Waals surface area contributed by atoms with Gasteiger partial charge < -0.3 is 9.64 Å². The highest BCUT2D eigenvalue weighted by Crippen LogP contribution is 2.34. The molecule has 2 aliphatic heterocycles. The number of aromatic nitrogens is 3. The highest BCUT2D eigenvalue weighted by atomic mass is 16.5. The molecule has 5 heteroatoms. The second kappa shape index (κ2) is 6.56. The van der Waals surface area contributed by atoms with Crippen LogP contribution in [0.5, 0.6) is 0 Å². The number of ether oxygens (including phenoxy) is 1. The normalized spacial score (nSPS) is 19.8. The van der Waals surface area contributed by atoms with Gasteiger partial charge in [0.2, 0.25) is 0 Å². The molecule has 0 atom stereocenters. The van der Waals surface area contributed by atoms with Crippen LogP contribution in [0, 0.1) is 6.92 Å². The molecule has 0 saturated carbocycles. The monoisotopic (exact) mass is 336 g/mol. The summed E-state index contributed by atoms with van der Waals surface area (Å²) in [5.41, 5.74) is 3.33. The van der Waals surface area contributed by atoms with Crippen LogP contribution in [0.3, 0.4) is 0 Å². The number of anilines is 1. The van der Waals surface area contributed by atoms with Crippen LogP contribution in [0.2, 0.25) is 0 Å². The first-order valence-electron chi connectivity index (χ1n) is 8.97. The summed E-state index contributed by atoms with van der Waals surface area (Å²) in [6.07, 6.45) is 9.01. The first-order valence-corrected chi connectivity index (χ1v) is 8.97. The molecule has 2 aromatic heterocycles. The minimum Gasteiger partial charge on any atom is -0.370 e. The molecule has 1 spiro atoms. The molecule has 0 bridgehead atoms. The Morgan fingerprint density at radius 3 is 2.72 bits per heavy atom. The van der Waals surface area contributed by atoms with Crippen LogP contribution in [0.15, 0.2) is 42.2 Å². The second-order valence-electron chi connectivity index (χ2n) is 7.07. The van der Waals surface area contributed by atoms with Crippen LogP contribution in [-0.4, -0.2) is 40.2 Å². The maximum atomic E-state index is 6.13. The maximum Gasteiger partial charge on any atom is 0.163 e. The molecular weight excluding hydrogens is 312 g/mol. The lowest BCUT2D eigenvalue weighted by atomic mass is 9.87. The van der Waals surface area contributed by atoms with E-state index < -0.39 is 0 Å². The van der Waals surface area contributed by atoms with Crippen molar-refractivity contribution in [1.82, 2.24) is 15.0 Å². The molecular formula is C20H24N4O. The Balaban J connectivity index is 1.55. The Morgan fingerprint density at radius 2 is 2.00 bits per heavy atom. The molecule has 0 aliphatic carbocycles. The van der Waals surface area contributed by atoms with Crippen molar-refractivity contribution in [3.63, 3.8) is 0 Å². The summed E-state index contributed by atoms with van der Waals surface area (Å²) >= 11 is 0. The minimum absolute atomic E-state index is 0.0624. The fraction of sp³-hybridized carbons (Fsp3) is 0.450. The zero-order valence-corrected chi connectivity index (χ0v) is 14.9. The molecule has 0 N–H and O–H groups in total. The Kier molecular flexibility index (Phi) is 4.25. The molecule has 4 heterocycles. The lowest BCUT2D eigenvalue weighted by molar-refractivity contribution is -0.0326. The van der Waals surface area contributed by atoms with Crippen molar-refractivity contribution in [3.8, 4) is 11.4 Å². The van der Waals surface area contributed by atoms with Crippen molar-refractivity contribution in [3.05, 3.63) is 47.9 Å². The van der Waals surface area contributed by atoms with Gasteiger partial charge in [0.25, 0.3) is 0 Å². The van der Waals surface area contributed by atoms with Crippen molar-refractivity contribution in [2.45, 2.75) is 38.7 Å². The molecule has 25 heavy (non-hydrogen) atoms. The molecule has 2 aromatic rings. The average molecular weight is 336 g/mol. The summed E-state index contributed by atoms with van der Waals surface area (Å²) in [7, 11) is 0.